The Hall–Kier alpha value is -2.11. The number of fused-ring (bicyclic) bond motifs is 1. The number of halogens is 1. The summed E-state index contributed by atoms with van der Waals surface area (Å²) < 4.78 is 13.9. The van der Waals surface area contributed by atoms with Gasteiger partial charge in [-0.25, -0.2) is 9.18 Å². The van der Waals surface area contributed by atoms with Crippen LogP contribution in [0.15, 0.2) is 24.3 Å². The van der Waals surface area contributed by atoms with Crippen LogP contribution in [0.1, 0.15) is 12.8 Å². The van der Waals surface area contributed by atoms with Crippen LogP contribution in [-0.2, 0) is 9.59 Å². The largest absolute Gasteiger partial charge is 0.478 e. The van der Waals surface area contributed by atoms with E-state index in [2.05, 4.69) is 0 Å². The highest BCUT2D eigenvalue weighted by Crippen LogP contribution is 2.41. The Morgan fingerprint density at radius 2 is 1.95 bits per heavy atom. The lowest BCUT2D eigenvalue weighted by Gasteiger charge is -2.36. The fourth-order valence-electron chi connectivity index (χ4n) is 3.06. The minimum absolute atomic E-state index is 0.179. The molecule has 5 nitrogen and oxygen atoms in total. The van der Waals surface area contributed by atoms with Crippen LogP contribution in [0.2, 0.25) is 0 Å². The zero-order valence-electron chi connectivity index (χ0n) is 10.2. The topological polar surface area (TPSA) is 60.9 Å². The molecule has 1 atom stereocenters. The van der Waals surface area contributed by atoms with Gasteiger partial charge in [0.1, 0.15) is 5.82 Å². The normalized spacial score (nSPS) is 25.8. The smallest absolute Gasteiger partial charge is 0.350 e. The summed E-state index contributed by atoms with van der Waals surface area (Å²) in [5.74, 6) is -1.75. The molecular formula is C13H13FN2O3. The maximum absolute atomic E-state index is 13.9. The van der Waals surface area contributed by atoms with E-state index in [4.69, 9.17) is 0 Å². The van der Waals surface area contributed by atoms with E-state index < -0.39 is 17.4 Å². The van der Waals surface area contributed by atoms with Gasteiger partial charge in [0.05, 0.1) is 5.69 Å². The molecule has 0 spiro atoms. The van der Waals surface area contributed by atoms with Crippen molar-refractivity contribution >= 4 is 17.6 Å². The van der Waals surface area contributed by atoms with E-state index in [0.717, 1.165) is 0 Å². The lowest BCUT2D eigenvalue weighted by molar-refractivity contribution is -0.151. The number of rotatable bonds is 2. The zero-order chi connectivity index (χ0) is 13.6. The maximum Gasteiger partial charge on any atom is 0.350 e. The van der Waals surface area contributed by atoms with E-state index in [-0.39, 0.29) is 24.4 Å². The minimum Gasteiger partial charge on any atom is -0.478 e. The molecule has 1 aromatic carbocycles. The van der Waals surface area contributed by atoms with Gasteiger partial charge in [0.25, 0.3) is 0 Å². The molecular weight excluding hydrogens is 251 g/mol. The Labute approximate surface area is 109 Å². The summed E-state index contributed by atoms with van der Waals surface area (Å²) in [6.07, 6.45) is 0.382. The number of hydrogen-bond donors (Lipinski definition) is 1. The van der Waals surface area contributed by atoms with Crippen LogP contribution in [0.5, 0.6) is 0 Å². The Morgan fingerprint density at radius 1 is 1.26 bits per heavy atom. The van der Waals surface area contributed by atoms with Crippen LogP contribution in [-0.4, -0.2) is 40.6 Å². The van der Waals surface area contributed by atoms with Crippen LogP contribution in [0.3, 0.4) is 0 Å². The summed E-state index contributed by atoms with van der Waals surface area (Å²) in [7, 11) is 0. The molecule has 19 heavy (non-hydrogen) atoms. The standard InChI is InChI=1S/C13H13FN2O3/c14-9-3-1-2-4-10(9)15-7-8-16-11(17)5-6-13(15,16)12(18)19/h1-4H,5-8H2,(H,18,19). The van der Waals surface area contributed by atoms with Crippen molar-refractivity contribution in [2.75, 3.05) is 18.0 Å². The maximum atomic E-state index is 13.9. The first kappa shape index (κ1) is 12.0. The Balaban J connectivity index is 2.10. The number of carboxylic acid groups (broad SMARTS) is 1. The van der Waals surface area contributed by atoms with Crippen molar-refractivity contribution < 1.29 is 19.1 Å². The number of nitrogens with zero attached hydrogens (tertiary/aromatic N) is 2. The molecule has 6 heteroatoms. The van der Waals surface area contributed by atoms with Gasteiger partial charge < -0.3 is 14.9 Å². The van der Waals surface area contributed by atoms with Gasteiger partial charge in [-0.2, -0.15) is 0 Å². The third-order valence-corrected chi connectivity index (χ3v) is 3.91. The Bertz CT molecular complexity index is 563. The van der Waals surface area contributed by atoms with Crippen LogP contribution in [0, 0.1) is 5.82 Å². The molecule has 2 fully saturated rings. The van der Waals surface area contributed by atoms with Crippen molar-refractivity contribution in [3.05, 3.63) is 30.1 Å². The van der Waals surface area contributed by atoms with Crippen LogP contribution < -0.4 is 4.90 Å². The second kappa shape index (κ2) is 3.94. The van der Waals surface area contributed by atoms with E-state index in [1.54, 1.807) is 18.2 Å². The fourth-order valence-corrected chi connectivity index (χ4v) is 3.06. The highest BCUT2D eigenvalue weighted by atomic mass is 19.1. The number of carboxylic acids is 1. The van der Waals surface area contributed by atoms with Gasteiger partial charge in [0.15, 0.2) is 0 Å². The molecule has 3 rings (SSSR count). The minimum atomic E-state index is -1.42. The quantitative estimate of drug-likeness (QED) is 0.867. The van der Waals surface area contributed by atoms with Crippen LogP contribution in [0.4, 0.5) is 10.1 Å². The van der Waals surface area contributed by atoms with Crippen molar-refractivity contribution in [3.8, 4) is 0 Å². The molecule has 0 radical (unpaired) electrons. The van der Waals surface area contributed by atoms with Gasteiger partial charge in [-0.15, -0.1) is 0 Å². The zero-order valence-corrected chi connectivity index (χ0v) is 10.2. The highest BCUT2D eigenvalue weighted by molar-refractivity contribution is 5.94. The second-order valence-electron chi connectivity index (χ2n) is 4.77. The highest BCUT2D eigenvalue weighted by Gasteiger charge is 2.59. The summed E-state index contributed by atoms with van der Waals surface area (Å²) >= 11 is 0. The number of amides is 1. The van der Waals surface area contributed by atoms with Crippen molar-refractivity contribution in [3.63, 3.8) is 0 Å². The molecule has 100 valence electrons. The van der Waals surface area contributed by atoms with E-state index in [9.17, 15) is 19.1 Å². The molecule has 1 unspecified atom stereocenters. The SMILES string of the molecule is O=C1CCC2(C(=O)O)N1CCN2c1ccccc1F. The molecule has 2 saturated heterocycles. The van der Waals surface area contributed by atoms with Crippen molar-refractivity contribution in [1.82, 2.24) is 4.90 Å². The number of anilines is 1. The third-order valence-electron chi connectivity index (χ3n) is 3.91. The molecule has 2 heterocycles. The summed E-state index contributed by atoms with van der Waals surface area (Å²) in [5.41, 5.74) is -1.18. The third kappa shape index (κ3) is 1.46. The Morgan fingerprint density at radius 3 is 2.63 bits per heavy atom. The van der Waals surface area contributed by atoms with Gasteiger partial charge in [0, 0.05) is 25.9 Å². The van der Waals surface area contributed by atoms with Gasteiger partial charge >= 0.3 is 5.97 Å². The predicted molar refractivity (Wildman–Crippen MR) is 65.1 cm³/mol. The fraction of sp³-hybridized carbons (Fsp3) is 0.385. The summed E-state index contributed by atoms with van der Waals surface area (Å²) in [4.78, 5) is 26.3. The first-order valence-corrected chi connectivity index (χ1v) is 6.13. The molecule has 2 aliphatic heterocycles. The van der Waals surface area contributed by atoms with Crippen LogP contribution >= 0.6 is 0 Å². The lowest BCUT2D eigenvalue weighted by atomic mass is 10.1. The first-order chi connectivity index (χ1) is 9.07. The molecule has 1 N–H and O–H groups in total. The monoisotopic (exact) mass is 264 g/mol. The van der Waals surface area contributed by atoms with E-state index in [1.807, 2.05) is 0 Å². The number of carbonyl (C=O) groups excluding carboxylic acids is 1. The number of benzene rings is 1. The van der Waals surface area contributed by atoms with Crippen LogP contribution in [0.25, 0.3) is 0 Å². The van der Waals surface area contributed by atoms with Gasteiger partial charge in [-0.1, -0.05) is 12.1 Å². The summed E-state index contributed by atoms with van der Waals surface area (Å²) in [5, 5.41) is 9.56. The van der Waals surface area contributed by atoms with Gasteiger partial charge in [-0.3, -0.25) is 4.79 Å². The molecule has 1 amide bonds. The Kier molecular flexibility index (Phi) is 2.48. The summed E-state index contributed by atoms with van der Waals surface area (Å²) in [6, 6.07) is 6.06. The van der Waals surface area contributed by atoms with E-state index in [1.165, 1.54) is 15.9 Å². The lowest BCUT2D eigenvalue weighted by Crippen LogP contribution is -2.57. The molecule has 1 aromatic rings. The molecule has 0 bridgehead atoms. The molecule has 2 aliphatic rings. The first-order valence-electron chi connectivity index (χ1n) is 6.13. The predicted octanol–water partition coefficient (Wildman–Crippen LogP) is 1.05. The average molecular weight is 264 g/mol. The molecule has 0 aromatic heterocycles. The summed E-state index contributed by atoms with van der Waals surface area (Å²) in [6.45, 7) is 0.651. The number of aliphatic carboxylic acids is 1. The molecule has 0 saturated carbocycles. The number of para-hydroxylation sites is 1. The number of carbonyl (C=O) groups is 2. The average Bonchev–Trinajstić information content (AvgIpc) is 2.90. The second-order valence-corrected chi connectivity index (χ2v) is 4.77. The number of hydrogen-bond acceptors (Lipinski definition) is 3. The van der Waals surface area contributed by atoms with Crippen molar-refractivity contribution in [2.45, 2.75) is 18.5 Å². The van der Waals surface area contributed by atoms with E-state index in [0.29, 0.717) is 13.1 Å². The van der Waals surface area contributed by atoms with Crippen molar-refractivity contribution in [1.29, 1.82) is 0 Å². The van der Waals surface area contributed by atoms with Gasteiger partial charge in [0.2, 0.25) is 11.6 Å². The van der Waals surface area contributed by atoms with E-state index >= 15 is 0 Å². The molecule has 0 aliphatic carbocycles. The van der Waals surface area contributed by atoms with Gasteiger partial charge in [-0.05, 0) is 12.1 Å². The van der Waals surface area contributed by atoms with Crippen molar-refractivity contribution in [2.24, 2.45) is 0 Å².